The summed E-state index contributed by atoms with van der Waals surface area (Å²) in [5.41, 5.74) is 3.13. The van der Waals surface area contributed by atoms with Crippen molar-refractivity contribution in [3.8, 4) is 6.07 Å². The summed E-state index contributed by atoms with van der Waals surface area (Å²) in [7, 11) is 0. The number of nitrogens with zero attached hydrogens (tertiary/aromatic N) is 2. The smallest absolute Gasteiger partial charge is 0.101 e. The molecule has 0 aliphatic carbocycles. The van der Waals surface area contributed by atoms with E-state index in [1.54, 1.807) is 24.5 Å². The third-order valence-corrected chi connectivity index (χ3v) is 3.71. The lowest BCUT2D eigenvalue weighted by Gasteiger charge is -2.07. The molecule has 0 unspecified atom stereocenters. The summed E-state index contributed by atoms with van der Waals surface area (Å²) in [6.07, 6.45) is 3.28. The third kappa shape index (κ3) is 3.04. The number of allylic oxidation sites excluding steroid dienone is 1. The van der Waals surface area contributed by atoms with Crippen LogP contribution in [0.3, 0.4) is 0 Å². The summed E-state index contributed by atoms with van der Waals surface area (Å²) in [6.45, 7) is 2.00. The fourth-order valence-electron chi connectivity index (χ4n) is 1.69. The number of benzene rings is 1. The van der Waals surface area contributed by atoms with Crippen LogP contribution in [0.5, 0.6) is 0 Å². The van der Waals surface area contributed by atoms with Gasteiger partial charge in [-0.15, -0.1) is 0 Å². The van der Waals surface area contributed by atoms with E-state index in [0.29, 0.717) is 10.6 Å². The highest BCUT2D eigenvalue weighted by Crippen LogP contribution is 2.33. The van der Waals surface area contributed by atoms with Crippen LogP contribution in [0.4, 0.5) is 0 Å². The molecule has 2 nitrogen and oxygen atoms in total. The van der Waals surface area contributed by atoms with E-state index >= 15 is 0 Å². The minimum absolute atomic E-state index is 0.431. The van der Waals surface area contributed by atoms with Gasteiger partial charge in [-0.1, -0.05) is 39.7 Å². The lowest BCUT2D eigenvalue weighted by atomic mass is 10.0. The molecule has 1 heterocycles. The zero-order valence-corrected chi connectivity index (χ0v) is 12.5. The van der Waals surface area contributed by atoms with Crippen molar-refractivity contribution in [3.05, 3.63) is 63.9 Å². The monoisotopic (exact) mass is 332 g/mol. The second-order valence-electron chi connectivity index (χ2n) is 4.02. The first-order valence-electron chi connectivity index (χ1n) is 5.60. The molecule has 4 heteroatoms. The molecule has 0 fully saturated rings. The Hall–Kier alpha value is -1.63. The maximum Gasteiger partial charge on any atom is 0.101 e. The summed E-state index contributed by atoms with van der Waals surface area (Å²) >= 11 is 9.85. The number of rotatable bonds is 2. The maximum absolute atomic E-state index is 9.33. The Kier molecular flexibility index (Phi) is 4.36. The lowest BCUT2D eigenvalue weighted by Crippen LogP contribution is -1.88. The Balaban J connectivity index is 2.59. The topological polar surface area (TPSA) is 36.7 Å². The second-order valence-corrected chi connectivity index (χ2v) is 5.25. The van der Waals surface area contributed by atoms with Crippen molar-refractivity contribution < 1.29 is 0 Å². The van der Waals surface area contributed by atoms with E-state index in [1.807, 2.05) is 25.1 Å². The Bertz CT molecular complexity index is 672. The van der Waals surface area contributed by atoms with Crippen molar-refractivity contribution in [2.75, 3.05) is 0 Å². The molecule has 0 spiro atoms. The SMILES string of the molecule is Cc1ccc(/C(Cl)=C(/C#N)c2ccncc2)c(Br)c1. The molecule has 0 amide bonds. The zero-order chi connectivity index (χ0) is 13.8. The predicted molar refractivity (Wildman–Crippen MR) is 81.4 cm³/mol. The lowest BCUT2D eigenvalue weighted by molar-refractivity contribution is 1.32. The van der Waals surface area contributed by atoms with E-state index in [-0.39, 0.29) is 0 Å². The van der Waals surface area contributed by atoms with Crippen LogP contribution >= 0.6 is 27.5 Å². The average molecular weight is 334 g/mol. The molecular weight excluding hydrogens is 324 g/mol. The van der Waals surface area contributed by atoms with E-state index in [0.717, 1.165) is 21.2 Å². The van der Waals surface area contributed by atoms with E-state index in [2.05, 4.69) is 27.0 Å². The Morgan fingerprint density at radius 2 is 1.95 bits per heavy atom. The van der Waals surface area contributed by atoms with Gasteiger partial charge in [0.25, 0.3) is 0 Å². The van der Waals surface area contributed by atoms with E-state index in [9.17, 15) is 5.26 Å². The first-order valence-corrected chi connectivity index (χ1v) is 6.77. The molecule has 1 aromatic heterocycles. The minimum atomic E-state index is 0.431. The molecule has 0 radical (unpaired) electrons. The number of pyridine rings is 1. The average Bonchev–Trinajstić information content (AvgIpc) is 2.40. The number of halogens is 2. The maximum atomic E-state index is 9.33. The van der Waals surface area contributed by atoms with Gasteiger partial charge in [0.15, 0.2) is 0 Å². The van der Waals surface area contributed by atoms with Crippen LogP contribution in [0.25, 0.3) is 10.6 Å². The van der Waals surface area contributed by atoms with Gasteiger partial charge >= 0.3 is 0 Å². The van der Waals surface area contributed by atoms with Crippen LogP contribution in [0.2, 0.25) is 0 Å². The van der Waals surface area contributed by atoms with Crippen LogP contribution < -0.4 is 0 Å². The van der Waals surface area contributed by atoms with Gasteiger partial charge in [0.1, 0.15) is 6.07 Å². The molecule has 0 saturated carbocycles. The molecule has 0 aliphatic rings. The van der Waals surface area contributed by atoms with Crippen molar-refractivity contribution >= 4 is 38.1 Å². The van der Waals surface area contributed by atoms with E-state index in [1.165, 1.54) is 0 Å². The van der Waals surface area contributed by atoms with E-state index in [4.69, 9.17) is 11.6 Å². The highest BCUT2D eigenvalue weighted by atomic mass is 79.9. The quantitative estimate of drug-likeness (QED) is 0.741. The summed E-state index contributed by atoms with van der Waals surface area (Å²) in [6, 6.07) is 11.5. The number of hydrogen-bond donors (Lipinski definition) is 0. The first kappa shape index (κ1) is 13.8. The second kappa shape index (κ2) is 6.01. The normalized spacial score (nSPS) is 11.7. The molecule has 0 saturated heterocycles. The largest absolute Gasteiger partial charge is 0.265 e. The minimum Gasteiger partial charge on any atom is -0.265 e. The van der Waals surface area contributed by atoms with Crippen molar-refractivity contribution in [1.29, 1.82) is 5.26 Å². The molecule has 0 aliphatic heterocycles. The molecule has 94 valence electrons. The molecule has 19 heavy (non-hydrogen) atoms. The Morgan fingerprint density at radius 1 is 1.26 bits per heavy atom. The van der Waals surface area contributed by atoms with Gasteiger partial charge < -0.3 is 0 Å². The molecule has 2 aromatic rings. The number of hydrogen-bond acceptors (Lipinski definition) is 2. The van der Waals surface area contributed by atoms with Gasteiger partial charge in [0.05, 0.1) is 10.6 Å². The van der Waals surface area contributed by atoms with Gasteiger partial charge in [-0.3, -0.25) is 4.98 Å². The van der Waals surface area contributed by atoms with Crippen molar-refractivity contribution in [3.63, 3.8) is 0 Å². The van der Waals surface area contributed by atoms with Crippen LogP contribution in [0.15, 0.2) is 47.2 Å². The highest BCUT2D eigenvalue weighted by Gasteiger charge is 2.12. The highest BCUT2D eigenvalue weighted by molar-refractivity contribution is 9.10. The fourth-order valence-corrected chi connectivity index (χ4v) is 2.81. The van der Waals surface area contributed by atoms with Crippen LogP contribution in [-0.2, 0) is 0 Å². The molecule has 0 atom stereocenters. The van der Waals surface area contributed by atoms with Crippen LogP contribution in [-0.4, -0.2) is 4.98 Å². The Labute approximate surface area is 125 Å². The van der Waals surface area contributed by atoms with Crippen LogP contribution in [0.1, 0.15) is 16.7 Å². The van der Waals surface area contributed by atoms with Gasteiger partial charge in [0, 0.05) is 22.4 Å². The summed E-state index contributed by atoms with van der Waals surface area (Å²) in [4.78, 5) is 3.94. The van der Waals surface area contributed by atoms with Gasteiger partial charge in [-0.2, -0.15) is 5.26 Å². The first-order chi connectivity index (χ1) is 9.13. The molecule has 1 aromatic carbocycles. The van der Waals surface area contributed by atoms with E-state index < -0.39 is 0 Å². The number of aryl methyl sites for hydroxylation is 1. The van der Waals surface area contributed by atoms with Gasteiger partial charge in [-0.25, -0.2) is 0 Å². The molecular formula is C15H10BrClN2. The third-order valence-electron chi connectivity index (χ3n) is 2.66. The summed E-state index contributed by atoms with van der Waals surface area (Å²) in [5, 5.41) is 9.76. The predicted octanol–water partition coefficient (Wildman–Crippen LogP) is 4.78. The van der Waals surface area contributed by atoms with Gasteiger partial charge in [-0.05, 0) is 36.2 Å². The molecule has 0 bridgehead atoms. The number of aromatic nitrogens is 1. The standard InChI is InChI=1S/C15H10BrClN2/c1-10-2-3-12(14(16)8-10)15(17)13(9-18)11-4-6-19-7-5-11/h2-8H,1H3/b15-13+. The summed E-state index contributed by atoms with van der Waals surface area (Å²) < 4.78 is 0.874. The molecule has 0 N–H and O–H groups in total. The molecule has 2 rings (SSSR count). The van der Waals surface area contributed by atoms with Crippen LogP contribution in [0, 0.1) is 18.3 Å². The zero-order valence-electron chi connectivity index (χ0n) is 10.2. The number of nitriles is 1. The Morgan fingerprint density at radius 3 is 2.53 bits per heavy atom. The summed E-state index contributed by atoms with van der Waals surface area (Å²) in [5.74, 6) is 0. The van der Waals surface area contributed by atoms with Crippen molar-refractivity contribution in [2.45, 2.75) is 6.92 Å². The van der Waals surface area contributed by atoms with Crippen molar-refractivity contribution in [2.24, 2.45) is 0 Å². The fraction of sp³-hybridized carbons (Fsp3) is 0.0667. The van der Waals surface area contributed by atoms with Gasteiger partial charge in [0.2, 0.25) is 0 Å². The van der Waals surface area contributed by atoms with Crippen molar-refractivity contribution in [1.82, 2.24) is 4.98 Å².